The standard InChI is InChI=1S/C19H17N3O5/c23-13-7-16(24)18(17(25)8-13)19(26)22-6-5-12-1-3-14(4-2-12)27-15-9-20-11-21-10-15/h1-4,7-11,23-25H,5-6H2,(H,22,26). The van der Waals surface area contributed by atoms with E-state index in [-0.39, 0.29) is 11.3 Å². The molecule has 0 unspecified atom stereocenters. The summed E-state index contributed by atoms with van der Waals surface area (Å²) in [5, 5.41) is 31.3. The molecule has 0 bridgehead atoms. The maximum atomic E-state index is 12.1. The van der Waals surface area contributed by atoms with Crippen LogP contribution < -0.4 is 10.1 Å². The summed E-state index contributed by atoms with van der Waals surface area (Å²) in [5.74, 6) is -0.768. The number of hydrogen-bond acceptors (Lipinski definition) is 7. The molecule has 138 valence electrons. The summed E-state index contributed by atoms with van der Waals surface area (Å²) in [7, 11) is 0. The zero-order chi connectivity index (χ0) is 19.2. The number of ether oxygens (including phenoxy) is 1. The molecule has 0 atom stereocenters. The summed E-state index contributed by atoms with van der Waals surface area (Å²) >= 11 is 0. The predicted octanol–water partition coefficient (Wildman–Crippen LogP) is 2.36. The Balaban J connectivity index is 1.54. The number of nitrogens with one attached hydrogen (secondary N) is 1. The Labute approximate surface area is 154 Å². The number of aromatic nitrogens is 2. The lowest BCUT2D eigenvalue weighted by Crippen LogP contribution is -2.25. The van der Waals surface area contributed by atoms with Crippen LogP contribution >= 0.6 is 0 Å². The van der Waals surface area contributed by atoms with Crippen LogP contribution in [-0.2, 0) is 6.42 Å². The van der Waals surface area contributed by atoms with Crippen LogP contribution in [0.1, 0.15) is 15.9 Å². The first-order chi connectivity index (χ1) is 13.0. The maximum Gasteiger partial charge on any atom is 0.258 e. The van der Waals surface area contributed by atoms with Crippen molar-refractivity contribution in [3.63, 3.8) is 0 Å². The molecule has 0 saturated carbocycles. The number of rotatable bonds is 6. The lowest BCUT2D eigenvalue weighted by molar-refractivity contribution is 0.0948. The van der Waals surface area contributed by atoms with Gasteiger partial charge in [0.25, 0.3) is 5.91 Å². The molecule has 0 radical (unpaired) electrons. The van der Waals surface area contributed by atoms with E-state index in [1.165, 1.54) is 6.33 Å². The first-order valence-corrected chi connectivity index (χ1v) is 8.08. The molecule has 1 amide bonds. The molecule has 2 aromatic carbocycles. The van der Waals surface area contributed by atoms with Crippen molar-refractivity contribution in [1.82, 2.24) is 15.3 Å². The summed E-state index contributed by atoms with van der Waals surface area (Å²) in [6.07, 6.45) is 5.08. The van der Waals surface area contributed by atoms with Crippen molar-refractivity contribution >= 4 is 5.91 Å². The van der Waals surface area contributed by atoms with Crippen molar-refractivity contribution < 1.29 is 24.9 Å². The third kappa shape index (κ3) is 4.63. The van der Waals surface area contributed by atoms with E-state index in [2.05, 4.69) is 15.3 Å². The number of carbonyl (C=O) groups excluding carboxylic acids is 1. The Morgan fingerprint density at radius 2 is 1.59 bits per heavy atom. The summed E-state index contributed by atoms with van der Waals surface area (Å²) in [4.78, 5) is 19.8. The normalized spacial score (nSPS) is 10.4. The zero-order valence-corrected chi connectivity index (χ0v) is 14.2. The minimum absolute atomic E-state index is 0.276. The van der Waals surface area contributed by atoms with Crippen LogP contribution in [-0.4, -0.2) is 37.7 Å². The van der Waals surface area contributed by atoms with E-state index < -0.39 is 17.4 Å². The lowest BCUT2D eigenvalue weighted by atomic mass is 10.1. The number of phenols is 3. The predicted molar refractivity (Wildman–Crippen MR) is 96.0 cm³/mol. The monoisotopic (exact) mass is 367 g/mol. The molecule has 3 aromatic rings. The largest absolute Gasteiger partial charge is 0.508 e. The number of phenolic OH excluding ortho intramolecular Hbond substituents is 3. The average Bonchev–Trinajstić information content (AvgIpc) is 2.63. The van der Waals surface area contributed by atoms with Gasteiger partial charge in [-0.15, -0.1) is 0 Å². The number of nitrogens with zero attached hydrogens (tertiary/aromatic N) is 2. The first-order valence-electron chi connectivity index (χ1n) is 8.08. The van der Waals surface area contributed by atoms with Crippen LogP contribution in [0.15, 0.2) is 55.1 Å². The molecule has 0 fully saturated rings. The topological polar surface area (TPSA) is 125 Å². The second-order valence-electron chi connectivity index (χ2n) is 5.69. The second kappa shape index (κ2) is 8.05. The SMILES string of the molecule is O=C(NCCc1ccc(Oc2cncnc2)cc1)c1c(O)cc(O)cc1O. The highest BCUT2D eigenvalue weighted by atomic mass is 16.5. The minimum atomic E-state index is -0.631. The fraction of sp³-hybridized carbons (Fsp3) is 0.105. The molecule has 0 aliphatic rings. The molecule has 8 heteroatoms. The molecule has 0 aliphatic carbocycles. The van der Waals surface area contributed by atoms with Gasteiger partial charge in [0, 0.05) is 18.7 Å². The molecule has 1 aromatic heterocycles. The van der Waals surface area contributed by atoms with Crippen molar-refractivity contribution in [3.8, 4) is 28.7 Å². The van der Waals surface area contributed by atoms with Crippen molar-refractivity contribution in [2.75, 3.05) is 6.54 Å². The minimum Gasteiger partial charge on any atom is -0.508 e. The van der Waals surface area contributed by atoms with Crippen LogP contribution in [0.2, 0.25) is 0 Å². The van der Waals surface area contributed by atoms with Crippen molar-refractivity contribution in [3.05, 3.63) is 66.2 Å². The highest BCUT2D eigenvalue weighted by Crippen LogP contribution is 2.31. The van der Waals surface area contributed by atoms with E-state index in [9.17, 15) is 20.1 Å². The van der Waals surface area contributed by atoms with Gasteiger partial charge in [0.2, 0.25) is 0 Å². The van der Waals surface area contributed by atoms with Gasteiger partial charge in [0.15, 0.2) is 5.75 Å². The summed E-state index contributed by atoms with van der Waals surface area (Å²) in [6, 6.07) is 9.29. The number of carbonyl (C=O) groups is 1. The van der Waals surface area contributed by atoms with Gasteiger partial charge in [-0.1, -0.05) is 12.1 Å². The van der Waals surface area contributed by atoms with Crippen LogP contribution in [0.3, 0.4) is 0 Å². The smallest absolute Gasteiger partial charge is 0.258 e. The van der Waals surface area contributed by atoms with Gasteiger partial charge >= 0.3 is 0 Å². The van der Waals surface area contributed by atoms with Gasteiger partial charge in [-0.25, -0.2) is 9.97 Å². The molecule has 4 N–H and O–H groups in total. The summed E-state index contributed by atoms with van der Waals surface area (Å²) < 4.78 is 5.60. The van der Waals surface area contributed by atoms with Crippen molar-refractivity contribution in [2.24, 2.45) is 0 Å². The zero-order valence-electron chi connectivity index (χ0n) is 14.2. The van der Waals surface area contributed by atoms with E-state index in [1.807, 2.05) is 12.1 Å². The molecule has 0 spiro atoms. The molecule has 1 heterocycles. The lowest BCUT2D eigenvalue weighted by Gasteiger charge is -2.10. The summed E-state index contributed by atoms with van der Waals surface area (Å²) in [6.45, 7) is 0.297. The summed E-state index contributed by atoms with van der Waals surface area (Å²) in [5.41, 5.74) is 0.688. The van der Waals surface area contributed by atoms with Crippen molar-refractivity contribution in [1.29, 1.82) is 0 Å². The molecule has 0 saturated heterocycles. The fourth-order valence-electron chi connectivity index (χ4n) is 2.44. The first kappa shape index (κ1) is 18.0. The Morgan fingerprint density at radius 1 is 0.963 bits per heavy atom. The van der Waals surface area contributed by atoms with Crippen molar-refractivity contribution in [2.45, 2.75) is 6.42 Å². The maximum absolute atomic E-state index is 12.1. The molecular formula is C19H17N3O5. The number of benzene rings is 2. The van der Waals surface area contributed by atoms with Crippen LogP contribution in [0, 0.1) is 0 Å². The van der Waals surface area contributed by atoms with E-state index in [1.54, 1.807) is 24.5 Å². The van der Waals surface area contributed by atoms with E-state index in [0.717, 1.165) is 17.7 Å². The van der Waals surface area contributed by atoms with Crippen LogP contribution in [0.25, 0.3) is 0 Å². The average molecular weight is 367 g/mol. The van der Waals surface area contributed by atoms with E-state index in [4.69, 9.17) is 4.74 Å². The Hall–Kier alpha value is -3.81. The van der Waals surface area contributed by atoms with Gasteiger partial charge in [-0.05, 0) is 24.1 Å². The van der Waals surface area contributed by atoms with Gasteiger partial charge in [0.1, 0.15) is 34.9 Å². The number of aromatic hydroxyl groups is 3. The quantitative estimate of drug-likeness (QED) is 0.527. The fourth-order valence-corrected chi connectivity index (χ4v) is 2.44. The molecule has 27 heavy (non-hydrogen) atoms. The second-order valence-corrected chi connectivity index (χ2v) is 5.69. The number of amides is 1. The van der Waals surface area contributed by atoms with Gasteiger partial charge < -0.3 is 25.4 Å². The van der Waals surface area contributed by atoms with Gasteiger partial charge in [0.05, 0.1) is 12.4 Å². The molecule has 3 rings (SSSR count). The molecule has 8 nitrogen and oxygen atoms in total. The van der Waals surface area contributed by atoms with E-state index >= 15 is 0 Å². The highest BCUT2D eigenvalue weighted by molar-refractivity contribution is 5.99. The van der Waals surface area contributed by atoms with Crippen LogP contribution in [0.5, 0.6) is 28.7 Å². The molecular weight excluding hydrogens is 350 g/mol. The van der Waals surface area contributed by atoms with Gasteiger partial charge in [-0.3, -0.25) is 4.79 Å². The Kier molecular flexibility index (Phi) is 5.36. The molecule has 0 aliphatic heterocycles. The Morgan fingerprint density at radius 3 is 2.22 bits per heavy atom. The highest BCUT2D eigenvalue weighted by Gasteiger charge is 2.17. The number of hydrogen-bond donors (Lipinski definition) is 4. The van der Waals surface area contributed by atoms with Crippen LogP contribution in [0.4, 0.5) is 0 Å². The third-order valence-corrected chi connectivity index (χ3v) is 3.70. The van der Waals surface area contributed by atoms with Gasteiger partial charge in [-0.2, -0.15) is 0 Å². The van der Waals surface area contributed by atoms with E-state index in [0.29, 0.717) is 24.5 Å². The third-order valence-electron chi connectivity index (χ3n) is 3.70. The Bertz CT molecular complexity index is 907.